The van der Waals surface area contributed by atoms with Gasteiger partial charge in [0.25, 0.3) is 5.56 Å². The molecule has 3 aromatic rings. The largest absolute Gasteiger partial charge is 0.422 e. The molecule has 0 fully saturated rings. The Morgan fingerprint density at radius 2 is 2.00 bits per heavy atom. The van der Waals surface area contributed by atoms with E-state index in [1.807, 2.05) is 12.1 Å². The number of H-pyrrole nitrogens is 1. The van der Waals surface area contributed by atoms with E-state index in [1.54, 1.807) is 18.2 Å². The van der Waals surface area contributed by atoms with Crippen LogP contribution in [-0.4, -0.2) is 9.97 Å². The highest BCUT2D eigenvalue weighted by Gasteiger charge is 2.09. The molecule has 7 heteroatoms. The lowest BCUT2D eigenvalue weighted by Gasteiger charge is -2.02. The molecule has 0 amide bonds. The number of nitrogens with one attached hydrogen (secondary N) is 1. The minimum absolute atomic E-state index is 0.0985. The Hall–Kier alpha value is -2.54. The molecule has 0 aliphatic rings. The zero-order chi connectivity index (χ0) is 14.1. The molecule has 0 bridgehead atoms. The fourth-order valence-electron chi connectivity index (χ4n) is 1.72. The van der Waals surface area contributed by atoms with E-state index in [1.165, 1.54) is 6.07 Å². The van der Waals surface area contributed by atoms with E-state index >= 15 is 0 Å². The van der Waals surface area contributed by atoms with Crippen LogP contribution in [0.2, 0.25) is 0 Å². The second-order valence-corrected chi connectivity index (χ2v) is 5.04. The van der Waals surface area contributed by atoms with Crippen molar-refractivity contribution in [3.8, 4) is 0 Å². The fraction of sp³-hybridized carbons (Fsp3) is 0. The third-order valence-electron chi connectivity index (χ3n) is 2.56. The van der Waals surface area contributed by atoms with Crippen LogP contribution in [0.25, 0.3) is 11.0 Å². The van der Waals surface area contributed by atoms with Gasteiger partial charge in [-0.05, 0) is 23.9 Å². The molecule has 0 saturated heterocycles. The summed E-state index contributed by atoms with van der Waals surface area (Å²) in [7, 11) is 0. The molecular formula is C13H9N3O3S. The van der Waals surface area contributed by atoms with Gasteiger partial charge in [0.2, 0.25) is 0 Å². The van der Waals surface area contributed by atoms with E-state index < -0.39 is 5.63 Å². The van der Waals surface area contributed by atoms with Crippen molar-refractivity contribution in [3.63, 3.8) is 0 Å². The van der Waals surface area contributed by atoms with Crippen LogP contribution in [0.3, 0.4) is 0 Å². The zero-order valence-electron chi connectivity index (χ0n) is 10.1. The molecule has 0 saturated carbocycles. The van der Waals surface area contributed by atoms with Gasteiger partial charge in [0.1, 0.15) is 16.3 Å². The van der Waals surface area contributed by atoms with Crippen LogP contribution >= 0.6 is 11.8 Å². The summed E-state index contributed by atoms with van der Waals surface area (Å²) < 4.78 is 5.20. The van der Waals surface area contributed by atoms with E-state index in [9.17, 15) is 9.59 Å². The smallest absolute Gasteiger partial charge is 0.350 e. The Morgan fingerprint density at radius 3 is 2.80 bits per heavy atom. The number of nitrogen functional groups attached to an aromatic ring is 1. The Bertz CT molecular complexity index is 901. The number of benzene rings is 1. The highest BCUT2D eigenvalue weighted by Crippen LogP contribution is 2.24. The van der Waals surface area contributed by atoms with Gasteiger partial charge < -0.3 is 15.1 Å². The van der Waals surface area contributed by atoms with Gasteiger partial charge in [0.05, 0.1) is 0 Å². The Labute approximate surface area is 116 Å². The van der Waals surface area contributed by atoms with Gasteiger partial charge in [-0.3, -0.25) is 4.79 Å². The standard InChI is InChI=1S/C13H9N3O3S/c14-10-6-11(17)16-13(15-10)20-9-5-7-3-1-2-4-8(7)19-12(9)18/h1-6H,(H3,14,15,16,17). The molecule has 0 spiro atoms. The lowest BCUT2D eigenvalue weighted by atomic mass is 10.2. The first-order valence-corrected chi connectivity index (χ1v) is 6.51. The van der Waals surface area contributed by atoms with Crippen LogP contribution < -0.4 is 16.9 Å². The second kappa shape index (κ2) is 4.86. The second-order valence-electron chi connectivity index (χ2n) is 4.01. The average molecular weight is 287 g/mol. The monoisotopic (exact) mass is 287 g/mol. The number of aromatic nitrogens is 2. The fourth-order valence-corrected chi connectivity index (χ4v) is 2.54. The lowest BCUT2D eigenvalue weighted by molar-refractivity contribution is 0.543. The van der Waals surface area contributed by atoms with Crippen molar-refractivity contribution in [1.82, 2.24) is 9.97 Å². The summed E-state index contributed by atoms with van der Waals surface area (Å²) in [4.78, 5) is 30.0. The number of rotatable bonds is 2. The number of hydrogen-bond acceptors (Lipinski definition) is 6. The number of nitrogens with two attached hydrogens (primary N) is 1. The molecule has 2 aromatic heterocycles. The molecule has 2 heterocycles. The van der Waals surface area contributed by atoms with Gasteiger partial charge in [-0.25, -0.2) is 9.78 Å². The molecular weight excluding hydrogens is 278 g/mol. The minimum Gasteiger partial charge on any atom is -0.422 e. The van der Waals surface area contributed by atoms with Gasteiger partial charge in [-0.2, -0.15) is 0 Å². The number of nitrogens with zero attached hydrogens (tertiary/aromatic N) is 1. The maximum atomic E-state index is 11.9. The Morgan fingerprint density at radius 1 is 1.20 bits per heavy atom. The van der Waals surface area contributed by atoms with E-state index in [0.717, 1.165) is 17.1 Å². The van der Waals surface area contributed by atoms with Crippen molar-refractivity contribution in [2.45, 2.75) is 10.1 Å². The first-order chi connectivity index (χ1) is 9.61. The van der Waals surface area contributed by atoms with Crippen LogP contribution in [-0.2, 0) is 0 Å². The number of fused-ring (bicyclic) bond motifs is 1. The number of anilines is 1. The summed E-state index contributed by atoms with van der Waals surface area (Å²) in [6.45, 7) is 0. The SMILES string of the molecule is Nc1cc(=O)[nH]c(Sc2cc3ccccc3oc2=O)n1. The highest BCUT2D eigenvalue weighted by molar-refractivity contribution is 7.99. The summed E-state index contributed by atoms with van der Waals surface area (Å²) >= 11 is 1.00. The third kappa shape index (κ3) is 2.43. The quantitative estimate of drug-likeness (QED) is 0.548. The summed E-state index contributed by atoms with van der Waals surface area (Å²) in [5, 5.41) is 1.04. The van der Waals surface area contributed by atoms with E-state index in [4.69, 9.17) is 10.2 Å². The molecule has 6 nitrogen and oxygen atoms in total. The molecule has 3 rings (SSSR count). The molecule has 1 aromatic carbocycles. The van der Waals surface area contributed by atoms with Crippen LogP contribution in [0.1, 0.15) is 0 Å². The first kappa shape index (κ1) is 12.5. The lowest BCUT2D eigenvalue weighted by Crippen LogP contribution is -2.10. The van der Waals surface area contributed by atoms with Gasteiger partial charge in [-0.15, -0.1) is 0 Å². The van der Waals surface area contributed by atoms with E-state index in [2.05, 4.69) is 9.97 Å². The predicted octanol–water partition coefficient (Wildman–Crippen LogP) is 1.61. The zero-order valence-corrected chi connectivity index (χ0v) is 10.9. The summed E-state index contributed by atoms with van der Waals surface area (Å²) in [5.41, 5.74) is 5.15. The molecule has 0 aliphatic heterocycles. The maximum absolute atomic E-state index is 11.9. The molecule has 20 heavy (non-hydrogen) atoms. The van der Waals surface area contributed by atoms with E-state index in [0.29, 0.717) is 10.5 Å². The van der Waals surface area contributed by atoms with Crippen molar-refractivity contribution in [2.75, 3.05) is 5.73 Å². The summed E-state index contributed by atoms with van der Waals surface area (Å²) in [6, 6.07) is 10.0. The van der Waals surface area contributed by atoms with Crippen LogP contribution in [0, 0.1) is 0 Å². The van der Waals surface area contributed by atoms with Gasteiger partial charge in [0.15, 0.2) is 5.16 Å². The Balaban J connectivity index is 2.08. The van der Waals surface area contributed by atoms with E-state index in [-0.39, 0.29) is 16.5 Å². The van der Waals surface area contributed by atoms with Crippen molar-refractivity contribution in [3.05, 3.63) is 57.2 Å². The molecule has 100 valence electrons. The van der Waals surface area contributed by atoms with Gasteiger partial charge in [-0.1, -0.05) is 18.2 Å². The van der Waals surface area contributed by atoms with Gasteiger partial charge >= 0.3 is 5.63 Å². The number of para-hydroxylation sites is 1. The van der Waals surface area contributed by atoms with Crippen molar-refractivity contribution in [2.24, 2.45) is 0 Å². The summed E-state index contributed by atoms with van der Waals surface area (Å²) in [5.74, 6) is 0.0985. The maximum Gasteiger partial charge on any atom is 0.350 e. The number of hydrogen-bond donors (Lipinski definition) is 2. The average Bonchev–Trinajstić information content (AvgIpc) is 2.38. The van der Waals surface area contributed by atoms with Crippen molar-refractivity contribution >= 4 is 28.5 Å². The molecule has 0 atom stereocenters. The predicted molar refractivity (Wildman–Crippen MR) is 75.9 cm³/mol. The first-order valence-electron chi connectivity index (χ1n) is 5.69. The van der Waals surface area contributed by atoms with Crippen molar-refractivity contribution < 1.29 is 4.42 Å². The number of aromatic amines is 1. The molecule has 0 unspecified atom stereocenters. The topological polar surface area (TPSA) is 102 Å². The molecule has 3 N–H and O–H groups in total. The normalized spacial score (nSPS) is 10.8. The van der Waals surface area contributed by atoms with Crippen LogP contribution in [0.5, 0.6) is 0 Å². The van der Waals surface area contributed by atoms with Crippen LogP contribution in [0.15, 0.2) is 60.5 Å². The minimum atomic E-state index is -0.487. The Kier molecular flexibility index (Phi) is 3.03. The van der Waals surface area contributed by atoms with Crippen LogP contribution in [0.4, 0.5) is 5.82 Å². The summed E-state index contributed by atoms with van der Waals surface area (Å²) in [6.07, 6.45) is 0. The third-order valence-corrected chi connectivity index (χ3v) is 3.45. The van der Waals surface area contributed by atoms with Gasteiger partial charge in [0, 0.05) is 11.5 Å². The van der Waals surface area contributed by atoms with Crippen molar-refractivity contribution in [1.29, 1.82) is 0 Å². The molecule has 0 aliphatic carbocycles. The molecule has 0 radical (unpaired) electrons. The highest BCUT2D eigenvalue weighted by atomic mass is 32.2.